The minimum atomic E-state index is -3.67. The van der Waals surface area contributed by atoms with Crippen LogP contribution in [-0.2, 0) is 21.8 Å². The van der Waals surface area contributed by atoms with Gasteiger partial charge in [-0.25, -0.2) is 13.1 Å². The predicted molar refractivity (Wildman–Crippen MR) is 101 cm³/mol. The second kappa shape index (κ2) is 8.41. The second-order valence-corrected chi connectivity index (χ2v) is 8.16. The van der Waals surface area contributed by atoms with Crippen LogP contribution in [0.4, 0.5) is 5.69 Å². The SMILES string of the molecule is COCC(C)NS(=O)(=O)c1ccc(NC(=O)c2cc(Cl)c(Cl)n2C)cc1. The Kier molecular flexibility index (Phi) is 6.70. The molecule has 1 heterocycles. The molecular weight excluding hydrogens is 401 g/mol. The molecule has 0 bridgehead atoms. The molecule has 10 heteroatoms. The van der Waals surface area contributed by atoms with Crippen molar-refractivity contribution in [2.24, 2.45) is 7.05 Å². The summed E-state index contributed by atoms with van der Waals surface area (Å²) in [6.07, 6.45) is 0. The average Bonchev–Trinajstić information content (AvgIpc) is 2.82. The molecule has 7 nitrogen and oxygen atoms in total. The van der Waals surface area contributed by atoms with Gasteiger partial charge in [-0.2, -0.15) is 0 Å². The minimum Gasteiger partial charge on any atom is -0.383 e. The molecule has 2 aromatic rings. The molecule has 0 saturated heterocycles. The van der Waals surface area contributed by atoms with Crippen molar-refractivity contribution >= 4 is 44.8 Å². The number of anilines is 1. The van der Waals surface area contributed by atoms with Crippen molar-refractivity contribution < 1.29 is 17.9 Å². The van der Waals surface area contributed by atoms with Crippen molar-refractivity contribution in [3.8, 4) is 0 Å². The highest BCUT2D eigenvalue weighted by atomic mass is 35.5. The van der Waals surface area contributed by atoms with E-state index in [9.17, 15) is 13.2 Å². The van der Waals surface area contributed by atoms with E-state index in [0.29, 0.717) is 5.69 Å². The molecule has 1 amide bonds. The lowest BCUT2D eigenvalue weighted by atomic mass is 10.3. The maximum atomic E-state index is 12.3. The first-order valence-corrected chi connectivity index (χ1v) is 9.83. The van der Waals surface area contributed by atoms with Gasteiger partial charge < -0.3 is 14.6 Å². The number of carbonyl (C=O) groups excluding carboxylic acids is 1. The summed E-state index contributed by atoms with van der Waals surface area (Å²) in [4.78, 5) is 12.4. The van der Waals surface area contributed by atoms with Crippen molar-refractivity contribution in [3.63, 3.8) is 0 Å². The van der Waals surface area contributed by atoms with Gasteiger partial charge in [-0.05, 0) is 37.3 Å². The van der Waals surface area contributed by atoms with Gasteiger partial charge in [0.05, 0.1) is 16.5 Å². The fourth-order valence-corrected chi connectivity index (χ4v) is 3.89. The molecule has 0 aliphatic carbocycles. The Bertz CT molecular complexity index is 895. The van der Waals surface area contributed by atoms with Crippen LogP contribution in [0.3, 0.4) is 0 Å². The van der Waals surface area contributed by atoms with Crippen LogP contribution < -0.4 is 10.0 Å². The molecule has 0 aliphatic heterocycles. The number of ether oxygens (including phenoxy) is 1. The number of hydrogen-bond acceptors (Lipinski definition) is 4. The first kappa shape index (κ1) is 20.7. The van der Waals surface area contributed by atoms with Crippen molar-refractivity contribution in [1.82, 2.24) is 9.29 Å². The summed E-state index contributed by atoms with van der Waals surface area (Å²) >= 11 is 11.8. The van der Waals surface area contributed by atoms with Gasteiger partial charge in [-0.1, -0.05) is 23.2 Å². The standard InChI is InChI=1S/C16H19Cl2N3O4S/c1-10(9-25-3)20-26(23,24)12-6-4-11(5-7-12)19-16(22)14-8-13(17)15(18)21(14)2/h4-8,10,20H,9H2,1-3H3,(H,19,22). The highest BCUT2D eigenvalue weighted by Crippen LogP contribution is 2.25. The Labute approximate surface area is 162 Å². The molecule has 0 aliphatic rings. The van der Waals surface area contributed by atoms with Crippen LogP contribution in [0.15, 0.2) is 35.2 Å². The summed E-state index contributed by atoms with van der Waals surface area (Å²) < 4.78 is 33.4. The third-order valence-corrected chi connectivity index (χ3v) is 5.99. The summed E-state index contributed by atoms with van der Waals surface area (Å²) in [5.41, 5.74) is 0.721. The first-order valence-electron chi connectivity index (χ1n) is 7.59. The van der Waals surface area contributed by atoms with Crippen LogP contribution in [0.2, 0.25) is 10.2 Å². The molecule has 0 spiro atoms. The summed E-state index contributed by atoms with van der Waals surface area (Å²) in [5, 5.41) is 3.20. The number of halogens is 2. The van der Waals surface area contributed by atoms with E-state index < -0.39 is 15.9 Å². The molecule has 26 heavy (non-hydrogen) atoms. The zero-order valence-electron chi connectivity index (χ0n) is 14.4. The quantitative estimate of drug-likeness (QED) is 0.721. The lowest BCUT2D eigenvalue weighted by molar-refractivity contribution is 0.101. The summed E-state index contributed by atoms with van der Waals surface area (Å²) in [6.45, 7) is 1.96. The number of nitrogens with one attached hydrogen (secondary N) is 2. The Balaban J connectivity index is 2.12. The number of rotatable bonds is 7. The lowest BCUT2D eigenvalue weighted by Gasteiger charge is -2.13. The number of amides is 1. The van der Waals surface area contributed by atoms with Crippen LogP contribution in [-0.4, -0.2) is 38.7 Å². The highest BCUT2D eigenvalue weighted by Gasteiger charge is 2.18. The number of sulfonamides is 1. The van der Waals surface area contributed by atoms with Crippen molar-refractivity contribution in [2.45, 2.75) is 17.9 Å². The van der Waals surface area contributed by atoms with Gasteiger partial charge in [-0.15, -0.1) is 0 Å². The smallest absolute Gasteiger partial charge is 0.272 e. The van der Waals surface area contributed by atoms with Gasteiger partial charge in [0.15, 0.2) is 0 Å². The fourth-order valence-electron chi connectivity index (χ4n) is 2.29. The molecule has 0 radical (unpaired) electrons. The van der Waals surface area contributed by atoms with Crippen LogP contribution in [0.1, 0.15) is 17.4 Å². The van der Waals surface area contributed by atoms with Gasteiger partial charge >= 0.3 is 0 Å². The normalized spacial score (nSPS) is 12.8. The second-order valence-electron chi connectivity index (χ2n) is 5.68. The third-order valence-electron chi connectivity index (χ3n) is 3.54. The zero-order valence-corrected chi connectivity index (χ0v) is 16.7. The summed E-state index contributed by atoms with van der Waals surface area (Å²) in [5.74, 6) is -0.413. The van der Waals surface area contributed by atoms with Crippen LogP contribution >= 0.6 is 23.2 Å². The van der Waals surface area contributed by atoms with Crippen molar-refractivity contribution in [3.05, 3.63) is 46.2 Å². The molecule has 1 unspecified atom stereocenters. The number of methoxy groups -OCH3 is 1. The molecule has 2 rings (SSSR count). The maximum absolute atomic E-state index is 12.3. The van der Waals surface area contributed by atoms with E-state index in [-0.39, 0.29) is 33.4 Å². The van der Waals surface area contributed by atoms with Gasteiger partial charge in [0, 0.05) is 25.9 Å². The van der Waals surface area contributed by atoms with Crippen LogP contribution in [0, 0.1) is 0 Å². The molecule has 2 N–H and O–H groups in total. The highest BCUT2D eigenvalue weighted by molar-refractivity contribution is 7.89. The van der Waals surface area contributed by atoms with E-state index in [0.717, 1.165) is 0 Å². The number of hydrogen-bond donors (Lipinski definition) is 2. The lowest BCUT2D eigenvalue weighted by Crippen LogP contribution is -2.35. The molecule has 142 valence electrons. The Morgan fingerprint density at radius 2 is 1.88 bits per heavy atom. The minimum absolute atomic E-state index is 0.0865. The molecular formula is C16H19Cl2N3O4S. The van der Waals surface area contributed by atoms with E-state index in [4.69, 9.17) is 27.9 Å². The molecule has 0 saturated carbocycles. The molecule has 1 aromatic carbocycles. The Morgan fingerprint density at radius 1 is 1.27 bits per heavy atom. The Morgan fingerprint density at radius 3 is 2.38 bits per heavy atom. The molecule has 1 aromatic heterocycles. The van der Waals surface area contributed by atoms with Crippen LogP contribution in [0.5, 0.6) is 0 Å². The summed E-state index contributed by atoms with van der Waals surface area (Å²) in [6, 6.07) is 6.90. The van der Waals surface area contributed by atoms with Crippen LogP contribution in [0.25, 0.3) is 0 Å². The monoisotopic (exact) mass is 419 g/mol. The summed E-state index contributed by atoms with van der Waals surface area (Å²) in [7, 11) is -0.558. The van der Waals surface area contributed by atoms with E-state index in [1.807, 2.05) is 0 Å². The Hall–Kier alpha value is -1.58. The van der Waals surface area contributed by atoms with Gasteiger partial charge in [0.2, 0.25) is 10.0 Å². The zero-order chi connectivity index (χ0) is 19.5. The maximum Gasteiger partial charge on any atom is 0.272 e. The number of carbonyl (C=O) groups is 1. The molecule has 1 atom stereocenters. The fraction of sp³-hybridized carbons (Fsp3) is 0.312. The predicted octanol–water partition coefficient (Wildman–Crippen LogP) is 2.90. The first-order chi connectivity index (χ1) is 12.2. The van der Waals surface area contributed by atoms with Gasteiger partial charge in [-0.3, -0.25) is 4.79 Å². The van der Waals surface area contributed by atoms with E-state index in [1.165, 1.54) is 42.0 Å². The number of nitrogens with zero attached hydrogens (tertiary/aromatic N) is 1. The van der Waals surface area contributed by atoms with E-state index in [1.54, 1.807) is 14.0 Å². The number of aromatic nitrogens is 1. The van der Waals surface area contributed by atoms with E-state index >= 15 is 0 Å². The van der Waals surface area contributed by atoms with Crippen molar-refractivity contribution in [2.75, 3.05) is 19.0 Å². The third kappa shape index (κ3) is 4.77. The average molecular weight is 420 g/mol. The molecule has 0 fully saturated rings. The van der Waals surface area contributed by atoms with Crippen molar-refractivity contribution in [1.29, 1.82) is 0 Å². The van der Waals surface area contributed by atoms with Gasteiger partial charge in [0.1, 0.15) is 10.8 Å². The largest absolute Gasteiger partial charge is 0.383 e. The van der Waals surface area contributed by atoms with E-state index in [2.05, 4.69) is 10.0 Å². The van der Waals surface area contributed by atoms with Gasteiger partial charge in [0.25, 0.3) is 5.91 Å². The topological polar surface area (TPSA) is 89.4 Å². The number of benzene rings is 1.